The fourth-order valence-corrected chi connectivity index (χ4v) is 2.42. The van der Waals surface area contributed by atoms with Crippen LogP contribution in [0.4, 0.5) is 10.5 Å². The summed E-state index contributed by atoms with van der Waals surface area (Å²) in [4.78, 5) is 11.9. The fraction of sp³-hybridized carbons (Fsp3) is 0.222. The molecule has 0 saturated heterocycles. The number of H-pyrrole nitrogens is 1. The number of hydrogen-bond donors (Lipinski definition) is 3. The minimum absolute atomic E-state index is 0.102. The number of aromatic nitrogens is 2. The first-order chi connectivity index (χ1) is 11.7. The smallest absolute Gasteiger partial charge is 0.321 e. The summed E-state index contributed by atoms with van der Waals surface area (Å²) in [5.74, 6) is 0.731. The number of carbonyl (C=O) groups excluding carboxylic acids is 1. The van der Waals surface area contributed by atoms with Crippen molar-refractivity contribution in [2.45, 2.75) is 19.8 Å². The Morgan fingerprint density at radius 2 is 2.04 bits per heavy atom. The summed E-state index contributed by atoms with van der Waals surface area (Å²) in [6, 6.07) is 13.1. The molecule has 3 rings (SSSR count). The number of hydrogen-bond acceptors (Lipinski definition) is 3. The van der Waals surface area contributed by atoms with Gasteiger partial charge in [0, 0.05) is 11.1 Å². The van der Waals surface area contributed by atoms with Gasteiger partial charge in [0.25, 0.3) is 0 Å². The molecule has 3 N–H and O–H groups in total. The number of aryl methyl sites for hydroxylation is 1. The van der Waals surface area contributed by atoms with Gasteiger partial charge in [0.2, 0.25) is 0 Å². The van der Waals surface area contributed by atoms with Crippen LogP contribution in [0, 0.1) is 0 Å². The minimum atomic E-state index is -0.323. The summed E-state index contributed by atoms with van der Waals surface area (Å²) in [6.07, 6.45) is 3.91. The Morgan fingerprint density at radius 1 is 1.21 bits per heavy atom. The molecule has 124 valence electrons. The van der Waals surface area contributed by atoms with E-state index in [1.54, 1.807) is 6.20 Å². The third-order valence-corrected chi connectivity index (χ3v) is 3.63. The van der Waals surface area contributed by atoms with Crippen molar-refractivity contribution in [1.29, 1.82) is 0 Å². The lowest BCUT2D eigenvalue weighted by atomic mass is 10.1. The van der Waals surface area contributed by atoms with Crippen LogP contribution in [-0.2, 0) is 6.42 Å². The summed E-state index contributed by atoms with van der Waals surface area (Å²) >= 11 is 0. The van der Waals surface area contributed by atoms with Gasteiger partial charge >= 0.3 is 6.03 Å². The quantitative estimate of drug-likeness (QED) is 0.605. The van der Waals surface area contributed by atoms with Crippen LogP contribution in [0.25, 0.3) is 10.9 Å². The first kappa shape index (κ1) is 15.9. The van der Waals surface area contributed by atoms with E-state index >= 15 is 0 Å². The van der Waals surface area contributed by atoms with Gasteiger partial charge in [-0.3, -0.25) is 5.10 Å². The highest BCUT2D eigenvalue weighted by Gasteiger charge is 2.03. The Kier molecular flexibility index (Phi) is 4.96. The molecule has 6 heteroatoms. The van der Waals surface area contributed by atoms with Gasteiger partial charge in [-0.05, 0) is 42.3 Å². The number of anilines is 1. The first-order valence-corrected chi connectivity index (χ1v) is 7.94. The molecule has 6 nitrogen and oxygen atoms in total. The van der Waals surface area contributed by atoms with E-state index in [0.717, 1.165) is 29.5 Å². The van der Waals surface area contributed by atoms with Crippen LogP contribution in [0.1, 0.15) is 18.9 Å². The van der Waals surface area contributed by atoms with E-state index in [4.69, 9.17) is 4.74 Å². The predicted octanol–water partition coefficient (Wildman–Crippen LogP) is 3.67. The van der Waals surface area contributed by atoms with Crippen LogP contribution < -0.4 is 15.4 Å². The Balaban J connectivity index is 1.46. The average molecular weight is 324 g/mol. The number of carbonyl (C=O) groups is 1. The van der Waals surface area contributed by atoms with Crippen molar-refractivity contribution in [3.05, 3.63) is 54.2 Å². The molecule has 0 aliphatic rings. The maximum atomic E-state index is 11.9. The van der Waals surface area contributed by atoms with E-state index in [1.165, 1.54) is 5.56 Å². The Bertz CT molecular complexity index is 811. The molecular formula is C18H20N4O2. The fourth-order valence-electron chi connectivity index (χ4n) is 2.42. The summed E-state index contributed by atoms with van der Waals surface area (Å²) < 4.78 is 5.52. The summed E-state index contributed by atoms with van der Waals surface area (Å²) in [5.41, 5.74) is 2.84. The SMILES string of the molecule is CCCc1ccc(OCNC(=O)Nc2ccc3cn[nH]c3c2)cc1. The van der Waals surface area contributed by atoms with Gasteiger partial charge in [-0.2, -0.15) is 5.10 Å². The maximum absolute atomic E-state index is 11.9. The number of rotatable bonds is 6. The number of fused-ring (bicyclic) bond motifs is 1. The molecule has 0 saturated carbocycles. The third-order valence-electron chi connectivity index (χ3n) is 3.63. The number of ether oxygens (including phenoxy) is 1. The van der Waals surface area contributed by atoms with Crippen LogP contribution in [0.3, 0.4) is 0 Å². The largest absolute Gasteiger partial charge is 0.473 e. The van der Waals surface area contributed by atoms with Crippen molar-refractivity contribution in [3.8, 4) is 5.75 Å². The standard InChI is InChI=1S/C18H20N4O2/c1-2-3-13-4-8-16(9-5-13)24-12-19-18(23)21-15-7-6-14-11-20-22-17(14)10-15/h4-11H,2-3,12H2,1H3,(H,20,22)(H2,19,21,23). The van der Waals surface area contributed by atoms with Gasteiger partial charge in [-0.15, -0.1) is 0 Å². The molecule has 0 bridgehead atoms. The molecule has 2 amide bonds. The molecule has 1 heterocycles. The van der Waals surface area contributed by atoms with E-state index in [2.05, 4.69) is 27.8 Å². The number of amides is 2. The molecule has 0 fully saturated rings. The normalized spacial score (nSPS) is 10.5. The molecule has 0 spiro atoms. The number of nitrogens with one attached hydrogen (secondary N) is 3. The van der Waals surface area contributed by atoms with Gasteiger partial charge in [-0.1, -0.05) is 25.5 Å². The molecule has 0 aliphatic carbocycles. The van der Waals surface area contributed by atoms with Crippen molar-refractivity contribution in [3.63, 3.8) is 0 Å². The summed E-state index contributed by atoms with van der Waals surface area (Å²) in [7, 11) is 0. The lowest BCUT2D eigenvalue weighted by Gasteiger charge is -2.10. The highest BCUT2D eigenvalue weighted by atomic mass is 16.5. The van der Waals surface area contributed by atoms with E-state index in [-0.39, 0.29) is 12.8 Å². The zero-order valence-electron chi connectivity index (χ0n) is 13.5. The van der Waals surface area contributed by atoms with E-state index in [9.17, 15) is 4.79 Å². The van der Waals surface area contributed by atoms with E-state index in [1.807, 2.05) is 42.5 Å². The van der Waals surface area contributed by atoms with E-state index < -0.39 is 0 Å². The molecular weight excluding hydrogens is 304 g/mol. The Hall–Kier alpha value is -3.02. The van der Waals surface area contributed by atoms with Gasteiger partial charge in [0.15, 0.2) is 6.73 Å². The van der Waals surface area contributed by atoms with Crippen LogP contribution >= 0.6 is 0 Å². The highest BCUT2D eigenvalue weighted by molar-refractivity contribution is 5.92. The van der Waals surface area contributed by atoms with Crippen molar-refractivity contribution < 1.29 is 9.53 Å². The molecule has 3 aromatic rings. The third kappa shape index (κ3) is 4.04. The van der Waals surface area contributed by atoms with Crippen LogP contribution in [0.15, 0.2) is 48.7 Å². The predicted molar refractivity (Wildman–Crippen MR) is 94.2 cm³/mol. The Morgan fingerprint density at radius 3 is 2.83 bits per heavy atom. The molecule has 0 atom stereocenters. The number of nitrogens with zero attached hydrogens (tertiary/aromatic N) is 1. The second-order valence-corrected chi connectivity index (χ2v) is 5.49. The second-order valence-electron chi connectivity index (χ2n) is 5.49. The minimum Gasteiger partial charge on any atom is -0.473 e. The molecule has 24 heavy (non-hydrogen) atoms. The topological polar surface area (TPSA) is 79.0 Å². The first-order valence-electron chi connectivity index (χ1n) is 7.94. The molecule has 0 unspecified atom stereocenters. The monoisotopic (exact) mass is 324 g/mol. The van der Waals surface area contributed by atoms with Crippen LogP contribution in [0.2, 0.25) is 0 Å². The summed E-state index contributed by atoms with van der Waals surface area (Å²) in [6.45, 7) is 2.25. The van der Waals surface area contributed by atoms with Crippen molar-refractivity contribution in [2.24, 2.45) is 0 Å². The lowest BCUT2D eigenvalue weighted by molar-refractivity contribution is 0.234. The van der Waals surface area contributed by atoms with Gasteiger partial charge in [0.1, 0.15) is 5.75 Å². The number of urea groups is 1. The second kappa shape index (κ2) is 7.50. The molecule has 0 aliphatic heterocycles. The highest BCUT2D eigenvalue weighted by Crippen LogP contribution is 2.16. The van der Waals surface area contributed by atoms with Gasteiger partial charge in [0.05, 0.1) is 11.7 Å². The lowest BCUT2D eigenvalue weighted by Crippen LogP contribution is -2.31. The number of benzene rings is 2. The van der Waals surface area contributed by atoms with Crippen molar-refractivity contribution in [1.82, 2.24) is 15.5 Å². The molecule has 2 aromatic carbocycles. The average Bonchev–Trinajstić information content (AvgIpc) is 3.04. The zero-order valence-corrected chi connectivity index (χ0v) is 13.5. The van der Waals surface area contributed by atoms with Gasteiger partial charge < -0.3 is 15.4 Å². The molecule has 0 radical (unpaired) electrons. The maximum Gasteiger partial charge on any atom is 0.321 e. The van der Waals surface area contributed by atoms with Gasteiger partial charge in [-0.25, -0.2) is 4.79 Å². The molecule has 1 aromatic heterocycles. The van der Waals surface area contributed by atoms with E-state index in [0.29, 0.717) is 5.69 Å². The van der Waals surface area contributed by atoms with Crippen LogP contribution in [0.5, 0.6) is 5.75 Å². The zero-order chi connectivity index (χ0) is 16.8. The van der Waals surface area contributed by atoms with Crippen molar-refractivity contribution >= 4 is 22.6 Å². The number of aromatic amines is 1. The Labute approximate surface area is 140 Å². The van der Waals surface area contributed by atoms with Crippen LogP contribution in [-0.4, -0.2) is 23.0 Å². The van der Waals surface area contributed by atoms with Crippen molar-refractivity contribution in [2.75, 3.05) is 12.0 Å². The summed E-state index contributed by atoms with van der Waals surface area (Å²) in [5, 5.41) is 13.2.